The standard InChI is InChI=1S/C17H22N4O2S/c1-3-4-13-9-14(22)19-17(18-13)24-10-15-20-16(21-23-15)12-7-5-11(2)6-8-12/h5-8,13,17-18H,3-4,9-10H2,1-2H3,(H,19,22). The molecule has 2 atom stereocenters. The number of aryl methyl sites for hydroxylation is 1. The average molecular weight is 346 g/mol. The SMILES string of the molecule is CCCC1CC(=O)NC(SCc2nc(-c3ccc(C)cc3)no2)N1. The van der Waals surface area contributed by atoms with Crippen molar-refractivity contribution in [3.63, 3.8) is 0 Å². The number of benzene rings is 1. The summed E-state index contributed by atoms with van der Waals surface area (Å²) in [5.41, 5.74) is 2.02. The van der Waals surface area contributed by atoms with E-state index in [4.69, 9.17) is 4.52 Å². The minimum absolute atomic E-state index is 0.0931. The fourth-order valence-electron chi connectivity index (χ4n) is 2.66. The monoisotopic (exact) mass is 346 g/mol. The Hall–Kier alpha value is -1.86. The molecule has 2 unspecified atom stereocenters. The third-order valence-electron chi connectivity index (χ3n) is 3.90. The zero-order valence-electron chi connectivity index (χ0n) is 13.9. The Kier molecular flexibility index (Phi) is 5.52. The van der Waals surface area contributed by atoms with Crippen LogP contribution in [0.1, 0.15) is 37.6 Å². The van der Waals surface area contributed by atoms with Gasteiger partial charge in [0, 0.05) is 18.0 Å². The van der Waals surface area contributed by atoms with Crippen LogP contribution in [0.25, 0.3) is 11.4 Å². The van der Waals surface area contributed by atoms with E-state index in [0.29, 0.717) is 23.9 Å². The van der Waals surface area contributed by atoms with Gasteiger partial charge < -0.3 is 9.84 Å². The minimum atomic E-state index is -0.113. The molecule has 0 bridgehead atoms. The summed E-state index contributed by atoms with van der Waals surface area (Å²) < 4.78 is 5.32. The summed E-state index contributed by atoms with van der Waals surface area (Å²) in [6.07, 6.45) is 2.61. The van der Waals surface area contributed by atoms with E-state index < -0.39 is 0 Å². The Morgan fingerprint density at radius 2 is 2.12 bits per heavy atom. The Balaban J connectivity index is 1.57. The molecule has 1 aromatic heterocycles. The molecule has 2 heterocycles. The van der Waals surface area contributed by atoms with E-state index in [1.54, 1.807) is 11.8 Å². The van der Waals surface area contributed by atoms with Crippen molar-refractivity contribution in [2.24, 2.45) is 0 Å². The Labute approximate surface area is 145 Å². The second-order valence-electron chi connectivity index (χ2n) is 5.99. The Morgan fingerprint density at radius 3 is 2.88 bits per heavy atom. The highest BCUT2D eigenvalue weighted by molar-refractivity contribution is 7.99. The Bertz CT molecular complexity index is 686. The zero-order chi connectivity index (χ0) is 16.9. The average Bonchev–Trinajstić information content (AvgIpc) is 3.02. The maximum absolute atomic E-state index is 11.8. The van der Waals surface area contributed by atoms with Gasteiger partial charge in [-0.15, -0.1) is 11.8 Å². The molecule has 1 aliphatic rings. The van der Waals surface area contributed by atoms with Gasteiger partial charge in [0.05, 0.1) is 5.75 Å². The number of carbonyl (C=O) groups excluding carboxylic acids is 1. The predicted octanol–water partition coefficient (Wildman–Crippen LogP) is 2.84. The van der Waals surface area contributed by atoms with Crippen molar-refractivity contribution in [3.8, 4) is 11.4 Å². The molecule has 1 amide bonds. The third-order valence-corrected chi connectivity index (χ3v) is 4.90. The second-order valence-corrected chi connectivity index (χ2v) is 7.09. The van der Waals surface area contributed by atoms with E-state index in [-0.39, 0.29) is 17.4 Å². The lowest BCUT2D eigenvalue weighted by Gasteiger charge is -2.30. The number of amides is 1. The van der Waals surface area contributed by atoms with Gasteiger partial charge in [-0.2, -0.15) is 4.98 Å². The molecule has 3 rings (SSSR count). The van der Waals surface area contributed by atoms with Gasteiger partial charge in [0.2, 0.25) is 17.6 Å². The van der Waals surface area contributed by atoms with Crippen LogP contribution in [0.2, 0.25) is 0 Å². The molecule has 0 spiro atoms. The van der Waals surface area contributed by atoms with Gasteiger partial charge in [0.1, 0.15) is 5.50 Å². The van der Waals surface area contributed by atoms with Gasteiger partial charge in [-0.1, -0.05) is 48.3 Å². The molecule has 2 N–H and O–H groups in total. The topological polar surface area (TPSA) is 80.1 Å². The predicted molar refractivity (Wildman–Crippen MR) is 94.1 cm³/mol. The fraction of sp³-hybridized carbons (Fsp3) is 0.471. The smallest absolute Gasteiger partial charge is 0.237 e. The van der Waals surface area contributed by atoms with Crippen molar-refractivity contribution in [2.45, 2.75) is 50.4 Å². The van der Waals surface area contributed by atoms with Crippen LogP contribution in [-0.2, 0) is 10.5 Å². The van der Waals surface area contributed by atoms with Gasteiger partial charge >= 0.3 is 0 Å². The lowest BCUT2D eigenvalue weighted by molar-refractivity contribution is -0.123. The van der Waals surface area contributed by atoms with E-state index in [1.807, 2.05) is 31.2 Å². The molecule has 0 saturated carbocycles. The van der Waals surface area contributed by atoms with Gasteiger partial charge in [-0.25, -0.2) is 0 Å². The summed E-state index contributed by atoms with van der Waals surface area (Å²) in [5.74, 6) is 1.80. The van der Waals surface area contributed by atoms with Crippen LogP contribution in [0, 0.1) is 6.92 Å². The van der Waals surface area contributed by atoms with Crippen LogP contribution in [0.15, 0.2) is 28.8 Å². The first kappa shape index (κ1) is 17.0. The van der Waals surface area contributed by atoms with Crippen molar-refractivity contribution >= 4 is 17.7 Å². The van der Waals surface area contributed by atoms with E-state index in [9.17, 15) is 4.79 Å². The number of hydrogen-bond acceptors (Lipinski definition) is 6. The molecule has 1 aliphatic heterocycles. The highest BCUT2D eigenvalue weighted by atomic mass is 32.2. The number of aromatic nitrogens is 2. The summed E-state index contributed by atoms with van der Waals surface area (Å²) >= 11 is 1.56. The molecule has 0 aliphatic carbocycles. The maximum atomic E-state index is 11.8. The van der Waals surface area contributed by atoms with Crippen LogP contribution < -0.4 is 10.6 Å². The normalized spacial score (nSPS) is 20.8. The summed E-state index contributed by atoms with van der Waals surface area (Å²) in [6.45, 7) is 4.17. The third kappa shape index (κ3) is 4.36. The number of nitrogens with zero attached hydrogens (tertiary/aromatic N) is 2. The molecule has 1 saturated heterocycles. The number of hydrogen-bond donors (Lipinski definition) is 2. The van der Waals surface area contributed by atoms with Crippen molar-refractivity contribution < 1.29 is 9.32 Å². The van der Waals surface area contributed by atoms with Crippen molar-refractivity contribution in [1.29, 1.82) is 0 Å². The minimum Gasteiger partial charge on any atom is -0.338 e. The van der Waals surface area contributed by atoms with Gasteiger partial charge in [-0.05, 0) is 13.3 Å². The van der Waals surface area contributed by atoms with Gasteiger partial charge in [0.25, 0.3) is 0 Å². The molecular formula is C17H22N4O2S. The zero-order valence-corrected chi connectivity index (χ0v) is 14.7. The van der Waals surface area contributed by atoms with Gasteiger partial charge in [0.15, 0.2) is 0 Å². The molecule has 1 fully saturated rings. The summed E-state index contributed by atoms with van der Waals surface area (Å²) in [7, 11) is 0. The highest BCUT2D eigenvalue weighted by Crippen LogP contribution is 2.21. The van der Waals surface area contributed by atoms with E-state index in [2.05, 4.69) is 27.7 Å². The second kappa shape index (κ2) is 7.81. The van der Waals surface area contributed by atoms with Crippen LogP contribution in [0.5, 0.6) is 0 Å². The first-order chi connectivity index (χ1) is 11.6. The summed E-state index contributed by atoms with van der Waals surface area (Å²) in [4.78, 5) is 16.2. The van der Waals surface area contributed by atoms with Crippen LogP contribution in [0.4, 0.5) is 0 Å². The maximum Gasteiger partial charge on any atom is 0.237 e. The van der Waals surface area contributed by atoms with Crippen LogP contribution >= 0.6 is 11.8 Å². The Morgan fingerprint density at radius 1 is 1.33 bits per heavy atom. The van der Waals surface area contributed by atoms with Crippen molar-refractivity contribution in [3.05, 3.63) is 35.7 Å². The molecular weight excluding hydrogens is 324 g/mol. The highest BCUT2D eigenvalue weighted by Gasteiger charge is 2.25. The molecule has 1 aromatic carbocycles. The lowest BCUT2D eigenvalue weighted by Crippen LogP contribution is -2.54. The summed E-state index contributed by atoms with van der Waals surface area (Å²) in [5, 5.41) is 10.4. The molecule has 128 valence electrons. The number of rotatable bonds is 6. The molecule has 2 aromatic rings. The van der Waals surface area contributed by atoms with E-state index in [1.165, 1.54) is 5.56 Å². The number of nitrogens with one attached hydrogen (secondary N) is 2. The largest absolute Gasteiger partial charge is 0.338 e. The summed E-state index contributed by atoms with van der Waals surface area (Å²) in [6, 6.07) is 8.25. The van der Waals surface area contributed by atoms with Gasteiger partial charge in [-0.3, -0.25) is 10.1 Å². The van der Waals surface area contributed by atoms with E-state index >= 15 is 0 Å². The quantitative estimate of drug-likeness (QED) is 0.837. The van der Waals surface area contributed by atoms with Crippen LogP contribution in [0.3, 0.4) is 0 Å². The van der Waals surface area contributed by atoms with Crippen LogP contribution in [-0.4, -0.2) is 27.6 Å². The molecule has 6 nitrogen and oxygen atoms in total. The molecule has 24 heavy (non-hydrogen) atoms. The fourth-order valence-corrected chi connectivity index (χ4v) is 3.59. The first-order valence-electron chi connectivity index (χ1n) is 8.20. The van der Waals surface area contributed by atoms with Crippen molar-refractivity contribution in [2.75, 3.05) is 0 Å². The lowest BCUT2D eigenvalue weighted by atomic mass is 10.1. The van der Waals surface area contributed by atoms with Crippen molar-refractivity contribution in [1.82, 2.24) is 20.8 Å². The molecule has 7 heteroatoms. The van der Waals surface area contributed by atoms with E-state index in [0.717, 1.165) is 18.4 Å². The first-order valence-corrected chi connectivity index (χ1v) is 9.25. The number of thioether (sulfide) groups is 1. The molecule has 0 radical (unpaired) electrons. The number of carbonyl (C=O) groups is 1.